The molecule has 0 aliphatic rings. The Morgan fingerprint density at radius 1 is 1.29 bits per heavy atom. The molecule has 0 saturated heterocycles. The van der Waals surface area contributed by atoms with Crippen LogP contribution in [0.3, 0.4) is 0 Å². The maximum atomic E-state index is 5.59. The molecule has 7 heteroatoms. The van der Waals surface area contributed by atoms with Crippen LogP contribution in [-0.2, 0) is 6.54 Å². The zero-order valence-corrected chi connectivity index (χ0v) is 10.4. The molecule has 0 unspecified atom stereocenters. The summed E-state index contributed by atoms with van der Waals surface area (Å²) >= 11 is 1.61. The maximum absolute atomic E-state index is 5.59. The molecular formula is C10H10ClN5S. The van der Waals surface area contributed by atoms with Crippen molar-refractivity contribution in [2.24, 2.45) is 5.73 Å². The summed E-state index contributed by atoms with van der Waals surface area (Å²) in [6, 6.07) is 5.99. The molecule has 88 valence electrons. The summed E-state index contributed by atoms with van der Waals surface area (Å²) in [6.07, 6.45) is 1.51. The molecular weight excluding hydrogens is 258 g/mol. The van der Waals surface area contributed by atoms with Gasteiger partial charge in [-0.15, -0.1) is 23.7 Å². The number of benzene rings is 1. The lowest BCUT2D eigenvalue weighted by atomic mass is 10.3. The summed E-state index contributed by atoms with van der Waals surface area (Å²) in [7, 11) is 0. The number of rotatable bonds is 2. The second-order valence-electron chi connectivity index (χ2n) is 3.30. The summed E-state index contributed by atoms with van der Waals surface area (Å²) in [6.45, 7) is 0.376. The first-order valence-electron chi connectivity index (χ1n) is 4.81. The quantitative estimate of drug-likeness (QED) is 0.768. The molecule has 0 spiro atoms. The van der Waals surface area contributed by atoms with E-state index in [0.29, 0.717) is 6.54 Å². The van der Waals surface area contributed by atoms with Gasteiger partial charge in [-0.25, -0.2) is 14.6 Å². The molecule has 1 aromatic carbocycles. The summed E-state index contributed by atoms with van der Waals surface area (Å²) in [5.41, 5.74) is 9.40. The molecule has 0 radical (unpaired) electrons. The number of hydrogen-bond acceptors (Lipinski definition) is 5. The highest BCUT2D eigenvalue weighted by atomic mass is 35.5. The van der Waals surface area contributed by atoms with Crippen LogP contribution < -0.4 is 5.73 Å². The van der Waals surface area contributed by atoms with Gasteiger partial charge >= 0.3 is 0 Å². The topological polar surface area (TPSA) is 69.6 Å². The fourth-order valence-corrected chi connectivity index (χ4v) is 2.31. The molecule has 0 bridgehead atoms. The lowest BCUT2D eigenvalue weighted by molar-refractivity contribution is 0.790. The minimum absolute atomic E-state index is 0. The number of fused-ring (bicyclic) bond motifs is 1. The Morgan fingerprint density at radius 2 is 2.18 bits per heavy atom. The van der Waals surface area contributed by atoms with E-state index in [1.54, 1.807) is 16.0 Å². The normalized spacial score (nSPS) is 10.4. The summed E-state index contributed by atoms with van der Waals surface area (Å²) in [5.74, 6) is 0.754. The Morgan fingerprint density at radius 3 is 3.00 bits per heavy atom. The van der Waals surface area contributed by atoms with Crippen LogP contribution in [0.1, 0.15) is 5.82 Å². The van der Waals surface area contributed by atoms with Gasteiger partial charge in [0.2, 0.25) is 0 Å². The van der Waals surface area contributed by atoms with Gasteiger partial charge < -0.3 is 5.73 Å². The molecule has 2 N–H and O–H groups in total. The zero-order chi connectivity index (χ0) is 11.0. The van der Waals surface area contributed by atoms with Crippen molar-refractivity contribution in [3.05, 3.63) is 35.9 Å². The molecule has 0 aliphatic carbocycles. The molecule has 0 amide bonds. The fourth-order valence-electron chi connectivity index (χ4n) is 1.60. The Kier molecular flexibility index (Phi) is 3.37. The van der Waals surface area contributed by atoms with Crippen molar-refractivity contribution in [2.75, 3.05) is 0 Å². The molecule has 0 fully saturated rings. The molecule has 3 rings (SSSR count). The number of nitrogens with two attached hydrogens (primary N) is 1. The molecule has 0 aliphatic heterocycles. The SMILES string of the molecule is Cl.NCc1ncnn1-c1ccc2ncsc2c1. The molecule has 5 nitrogen and oxygen atoms in total. The third-order valence-electron chi connectivity index (χ3n) is 2.36. The number of aromatic nitrogens is 4. The first-order valence-corrected chi connectivity index (χ1v) is 5.69. The number of thiazole rings is 1. The highest BCUT2D eigenvalue weighted by Gasteiger charge is 2.06. The first-order chi connectivity index (χ1) is 7.88. The van der Waals surface area contributed by atoms with Crippen molar-refractivity contribution < 1.29 is 0 Å². The average Bonchev–Trinajstić information content (AvgIpc) is 2.96. The van der Waals surface area contributed by atoms with Crippen LogP contribution in [0.2, 0.25) is 0 Å². The van der Waals surface area contributed by atoms with E-state index in [-0.39, 0.29) is 12.4 Å². The largest absolute Gasteiger partial charge is 0.324 e. The second-order valence-corrected chi connectivity index (χ2v) is 4.18. The van der Waals surface area contributed by atoms with Gasteiger partial charge in [0.05, 0.1) is 28.0 Å². The zero-order valence-electron chi connectivity index (χ0n) is 8.78. The van der Waals surface area contributed by atoms with E-state index in [0.717, 1.165) is 21.7 Å². The lowest BCUT2D eigenvalue weighted by Gasteiger charge is -2.03. The van der Waals surface area contributed by atoms with Crippen LogP contribution in [0.15, 0.2) is 30.0 Å². The molecule has 3 aromatic rings. The van der Waals surface area contributed by atoms with E-state index >= 15 is 0 Å². The van der Waals surface area contributed by atoms with Gasteiger partial charge in [0.1, 0.15) is 12.2 Å². The number of nitrogens with zero attached hydrogens (tertiary/aromatic N) is 4. The number of hydrogen-bond donors (Lipinski definition) is 1. The predicted octanol–water partition coefficient (Wildman–Crippen LogP) is 1.76. The van der Waals surface area contributed by atoms with Crippen LogP contribution >= 0.6 is 23.7 Å². The van der Waals surface area contributed by atoms with Gasteiger partial charge in [-0.05, 0) is 18.2 Å². The minimum Gasteiger partial charge on any atom is -0.324 e. The van der Waals surface area contributed by atoms with Gasteiger partial charge in [-0.2, -0.15) is 5.10 Å². The Labute approximate surface area is 108 Å². The first kappa shape index (κ1) is 12.0. The van der Waals surface area contributed by atoms with Crippen LogP contribution in [0.25, 0.3) is 15.9 Å². The van der Waals surface area contributed by atoms with Crippen molar-refractivity contribution in [1.82, 2.24) is 19.7 Å². The number of halogens is 1. The average molecular weight is 268 g/mol. The van der Waals surface area contributed by atoms with Crippen molar-refractivity contribution in [2.45, 2.75) is 6.54 Å². The third-order valence-corrected chi connectivity index (χ3v) is 3.15. The van der Waals surface area contributed by atoms with Crippen molar-refractivity contribution in [1.29, 1.82) is 0 Å². The summed E-state index contributed by atoms with van der Waals surface area (Å²) in [4.78, 5) is 8.33. The van der Waals surface area contributed by atoms with Crippen LogP contribution in [0.4, 0.5) is 0 Å². The maximum Gasteiger partial charge on any atom is 0.145 e. The fraction of sp³-hybridized carbons (Fsp3) is 0.100. The van der Waals surface area contributed by atoms with E-state index in [1.807, 2.05) is 23.7 Å². The molecule has 2 aromatic heterocycles. The van der Waals surface area contributed by atoms with E-state index in [9.17, 15) is 0 Å². The highest BCUT2D eigenvalue weighted by Crippen LogP contribution is 2.21. The van der Waals surface area contributed by atoms with Gasteiger partial charge in [-0.1, -0.05) is 0 Å². The van der Waals surface area contributed by atoms with Crippen molar-refractivity contribution in [3.8, 4) is 5.69 Å². The molecule has 2 heterocycles. The van der Waals surface area contributed by atoms with Crippen LogP contribution in [0.5, 0.6) is 0 Å². The highest BCUT2D eigenvalue weighted by molar-refractivity contribution is 7.16. The van der Waals surface area contributed by atoms with Gasteiger partial charge in [0, 0.05) is 0 Å². The summed E-state index contributed by atoms with van der Waals surface area (Å²) in [5, 5.41) is 4.16. The Balaban J connectivity index is 0.00000108. The second kappa shape index (κ2) is 4.79. The standard InChI is InChI=1S/C10H9N5S.ClH/c11-4-10-12-5-14-15(10)7-1-2-8-9(3-7)16-6-13-8;/h1-3,5-6H,4,11H2;1H. The smallest absolute Gasteiger partial charge is 0.145 e. The van der Waals surface area contributed by atoms with E-state index in [2.05, 4.69) is 15.1 Å². The lowest BCUT2D eigenvalue weighted by Crippen LogP contribution is -2.07. The Hall–Kier alpha value is -1.50. The van der Waals surface area contributed by atoms with Gasteiger partial charge in [-0.3, -0.25) is 0 Å². The summed E-state index contributed by atoms with van der Waals surface area (Å²) < 4.78 is 2.88. The molecule has 17 heavy (non-hydrogen) atoms. The van der Waals surface area contributed by atoms with Crippen LogP contribution in [0, 0.1) is 0 Å². The monoisotopic (exact) mass is 267 g/mol. The van der Waals surface area contributed by atoms with Crippen molar-refractivity contribution in [3.63, 3.8) is 0 Å². The van der Waals surface area contributed by atoms with Gasteiger partial charge in [0.25, 0.3) is 0 Å². The minimum atomic E-state index is 0. The van der Waals surface area contributed by atoms with Crippen LogP contribution in [-0.4, -0.2) is 19.7 Å². The molecule has 0 saturated carbocycles. The van der Waals surface area contributed by atoms with E-state index in [1.165, 1.54) is 6.33 Å². The third kappa shape index (κ3) is 2.02. The predicted molar refractivity (Wildman–Crippen MR) is 69.7 cm³/mol. The Bertz CT molecular complexity index is 632. The van der Waals surface area contributed by atoms with Crippen molar-refractivity contribution >= 4 is 34.0 Å². The molecule has 0 atom stereocenters. The van der Waals surface area contributed by atoms with E-state index in [4.69, 9.17) is 5.73 Å². The van der Waals surface area contributed by atoms with E-state index < -0.39 is 0 Å². The van der Waals surface area contributed by atoms with Gasteiger partial charge in [0.15, 0.2) is 0 Å².